The average molecular weight is 454 g/mol. The second-order valence-electron chi connectivity index (χ2n) is 8.28. The molecule has 1 heterocycles. The second kappa shape index (κ2) is 11.3. The molecule has 0 spiro atoms. The Labute approximate surface area is 200 Å². The molecule has 1 aliphatic rings. The van der Waals surface area contributed by atoms with E-state index < -0.39 is 17.9 Å². The highest BCUT2D eigenvalue weighted by molar-refractivity contribution is 5.91. The van der Waals surface area contributed by atoms with E-state index in [0.29, 0.717) is 12.8 Å². The lowest BCUT2D eigenvalue weighted by Gasteiger charge is -2.39. The number of amides is 1. The van der Waals surface area contributed by atoms with Crippen molar-refractivity contribution in [1.29, 1.82) is 0 Å². The molecule has 1 N–H and O–H groups in total. The van der Waals surface area contributed by atoms with Crippen LogP contribution in [0.15, 0.2) is 91.0 Å². The highest BCUT2D eigenvalue weighted by atomic mass is 16.5. The van der Waals surface area contributed by atoms with Crippen LogP contribution in [-0.4, -0.2) is 47.2 Å². The van der Waals surface area contributed by atoms with Crippen LogP contribution in [0.25, 0.3) is 0 Å². The van der Waals surface area contributed by atoms with Gasteiger partial charge in [0.15, 0.2) is 0 Å². The van der Waals surface area contributed by atoms with E-state index in [1.54, 1.807) is 0 Å². The highest BCUT2D eigenvalue weighted by Gasteiger charge is 2.39. The van der Waals surface area contributed by atoms with Crippen LogP contribution in [0, 0.1) is 11.8 Å². The number of ether oxygens (including phenoxy) is 1. The third kappa shape index (κ3) is 5.72. The molecule has 1 amide bonds. The summed E-state index contributed by atoms with van der Waals surface area (Å²) in [4.78, 5) is 27.4. The van der Waals surface area contributed by atoms with Gasteiger partial charge in [-0.25, -0.2) is 4.79 Å². The fraction of sp³-hybridized carbons (Fsp3) is 0.241. The summed E-state index contributed by atoms with van der Waals surface area (Å²) >= 11 is 0. The third-order valence-corrected chi connectivity index (χ3v) is 6.02. The zero-order valence-electron chi connectivity index (χ0n) is 18.8. The van der Waals surface area contributed by atoms with E-state index in [9.17, 15) is 14.7 Å². The molecule has 3 aromatic rings. The van der Waals surface area contributed by atoms with Crippen LogP contribution >= 0.6 is 0 Å². The van der Waals surface area contributed by atoms with E-state index in [-0.39, 0.29) is 25.2 Å². The standard InChI is InChI=1S/C29H27NO4/c31-28(27(23-14-6-2-7-15-23)24-16-8-3-9-17-24)30-21-25(18-19-26(30)29(32)33)34-20-10-13-22-11-4-1-5-12-22/h1-9,11-12,14-17,25-27H,18-21H2,(H,32,33). The fourth-order valence-electron chi connectivity index (χ4n) is 4.33. The molecule has 1 saturated heterocycles. The number of hydrogen-bond donors (Lipinski definition) is 1. The lowest BCUT2D eigenvalue weighted by atomic mass is 9.88. The molecule has 3 aromatic carbocycles. The first kappa shape index (κ1) is 23.3. The number of carboxylic acid groups (broad SMARTS) is 1. The van der Waals surface area contributed by atoms with Crippen molar-refractivity contribution in [1.82, 2.24) is 4.90 Å². The van der Waals surface area contributed by atoms with Crippen LogP contribution in [-0.2, 0) is 14.3 Å². The molecular weight excluding hydrogens is 426 g/mol. The van der Waals surface area contributed by atoms with E-state index >= 15 is 0 Å². The molecule has 0 saturated carbocycles. The Morgan fingerprint density at radius 1 is 0.882 bits per heavy atom. The van der Waals surface area contributed by atoms with Gasteiger partial charge in [0.2, 0.25) is 5.91 Å². The number of hydrogen-bond acceptors (Lipinski definition) is 3. The first-order valence-corrected chi connectivity index (χ1v) is 11.4. The van der Waals surface area contributed by atoms with Gasteiger partial charge in [-0.15, -0.1) is 0 Å². The molecule has 0 bridgehead atoms. The Hall–Kier alpha value is -3.88. The van der Waals surface area contributed by atoms with Crippen molar-refractivity contribution in [3.05, 3.63) is 108 Å². The summed E-state index contributed by atoms with van der Waals surface area (Å²) in [6.07, 6.45) is 0.639. The molecule has 2 atom stereocenters. The minimum atomic E-state index is -0.990. The Bertz CT molecular complexity index is 1110. The monoisotopic (exact) mass is 453 g/mol. The van der Waals surface area contributed by atoms with Crippen LogP contribution in [0.5, 0.6) is 0 Å². The van der Waals surface area contributed by atoms with Gasteiger partial charge in [-0.05, 0) is 36.1 Å². The van der Waals surface area contributed by atoms with Gasteiger partial charge in [0, 0.05) is 12.1 Å². The van der Waals surface area contributed by atoms with E-state index in [1.165, 1.54) is 4.90 Å². The summed E-state index contributed by atoms with van der Waals surface area (Å²) in [6.45, 7) is 0.444. The quantitative estimate of drug-likeness (QED) is 0.564. The molecule has 2 unspecified atom stereocenters. The molecule has 0 radical (unpaired) electrons. The van der Waals surface area contributed by atoms with Crippen LogP contribution in [0.2, 0.25) is 0 Å². The number of piperidine rings is 1. The fourth-order valence-corrected chi connectivity index (χ4v) is 4.33. The Balaban J connectivity index is 1.53. The summed E-state index contributed by atoms with van der Waals surface area (Å²) in [7, 11) is 0. The predicted octanol–water partition coefficient (Wildman–Crippen LogP) is 4.33. The van der Waals surface area contributed by atoms with E-state index in [0.717, 1.165) is 16.7 Å². The minimum Gasteiger partial charge on any atom is -0.480 e. The van der Waals surface area contributed by atoms with Gasteiger partial charge < -0.3 is 14.7 Å². The van der Waals surface area contributed by atoms with Crippen molar-refractivity contribution in [2.24, 2.45) is 0 Å². The Morgan fingerprint density at radius 3 is 2.00 bits per heavy atom. The maximum Gasteiger partial charge on any atom is 0.326 e. The molecule has 5 nitrogen and oxygen atoms in total. The Morgan fingerprint density at radius 2 is 1.44 bits per heavy atom. The second-order valence-corrected chi connectivity index (χ2v) is 8.28. The molecule has 34 heavy (non-hydrogen) atoms. The summed E-state index contributed by atoms with van der Waals surface area (Å²) < 4.78 is 5.94. The van der Waals surface area contributed by atoms with Gasteiger partial charge in [0.05, 0.1) is 12.0 Å². The zero-order chi connectivity index (χ0) is 23.8. The highest BCUT2D eigenvalue weighted by Crippen LogP contribution is 2.30. The van der Waals surface area contributed by atoms with Crippen molar-refractivity contribution in [2.75, 3.05) is 13.2 Å². The van der Waals surface area contributed by atoms with E-state index in [2.05, 4.69) is 11.8 Å². The molecule has 5 heteroatoms. The average Bonchev–Trinajstić information content (AvgIpc) is 2.88. The Kier molecular flexibility index (Phi) is 7.75. The van der Waals surface area contributed by atoms with E-state index in [4.69, 9.17) is 4.74 Å². The molecule has 1 aliphatic heterocycles. The molecular formula is C29H27NO4. The number of carbonyl (C=O) groups excluding carboxylic acids is 1. The van der Waals surface area contributed by atoms with Crippen LogP contribution in [0.4, 0.5) is 0 Å². The normalized spacial score (nSPS) is 17.6. The van der Waals surface area contributed by atoms with Crippen LogP contribution < -0.4 is 0 Å². The van der Waals surface area contributed by atoms with Crippen molar-refractivity contribution in [3.8, 4) is 11.8 Å². The number of nitrogens with zero attached hydrogens (tertiary/aromatic N) is 1. The zero-order valence-corrected chi connectivity index (χ0v) is 18.8. The van der Waals surface area contributed by atoms with E-state index in [1.807, 2.05) is 91.0 Å². The first-order valence-electron chi connectivity index (χ1n) is 11.4. The summed E-state index contributed by atoms with van der Waals surface area (Å²) in [5.41, 5.74) is 2.57. The van der Waals surface area contributed by atoms with Crippen molar-refractivity contribution >= 4 is 11.9 Å². The number of aliphatic carboxylic acids is 1. The molecule has 0 aliphatic carbocycles. The molecule has 0 aromatic heterocycles. The van der Waals surface area contributed by atoms with Gasteiger partial charge in [0.25, 0.3) is 0 Å². The summed E-state index contributed by atoms with van der Waals surface area (Å²) in [5, 5.41) is 9.85. The van der Waals surface area contributed by atoms with Crippen molar-refractivity contribution in [3.63, 3.8) is 0 Å². The number of rotatable bonds is 6. The SMILES string of the molecule is O=C(O)C1CCC(OCC#Cc2ccccc2)CN1C(=O)C(c1ccccc1)c1ccccc1. The van der Waals surface area contributed by atoms with Crippen LogP contribution in [0.1, 0.15) is 35.4 Å². The van der Waals surface area contributed by atoms with Gasteiger partial charge >= 0.3 is 5.97 Å². The van der Waals surface area contributed by atoms with Gasteiger partial charge in [-0.1, -0.05) is 90.7 Å². The maximum absolute atomic E-state index is 13.9. The largest absolute Gasteiger partial charge is 0.480 e. The maximum atomic E-state index is 13.9. The lowest BCUT2D eigenvalue weighted by Crippen LogP contribution is -2.54. The van der Waals surface area contributed by atoms with Crippen LogP contribution in [0.3, 0.4) is 0 Å². The third-order valence-electron chi connectivity index (χ3n) is 6.02. The first-order chi connectivity index (χ1) is 16.6. The molecule has 172 valence electrons. The van der Waals surface area contributed by atoms with Crippen molar-refractivity contribution in [2.45, 2.75) is 30.9 Å². The van der Waals surface area contributed by atoms with Gasteiger partial charge in [-0.2, -0.15) is 0 Å². The summed E-state index contributed by atoms with van der Waals surface area (Å²) in [5.74, 6) is 4.27. The molecule has 4 rings (SSSR count). The van der Waals surface area contributed by atoms with Gasteiger partial charge in [0.1, 0.15) is 12.6 Å². The number of benzene rings is 3. The number of likely N-dealkylation sites (tertiary alicyclic amines) is 1. The topological polar surface area (TPSA) is 66.8 Å². The van der Waals surface area contributed by atoms with Crippen molar-refractivity contribution < 1.29 is 19.4 Å². The lowest BCUT2D eigenvalue weighted by molar-refractivity contribution is -0.155. The molecule has 1 fully saturated rings. The smallest absolute Gasteiger partial charge is 0.326 e. The minimum absolute atomic E-state index is 0.221. The number of carbonyl (C=O) groups is 2. The predicted molar refractivity (Wildman–Crippen MR) is 130 cm³/mol. The van der Waals surface area contributed by atoms with Gasteiger partial charge in [-0.3, -0.25) is 4.79 Å². The summed E-state index contributed by atoms with van der Waals surface area (Å²) in [6, 6.07) is 27.8. The number of carboxylic acids is 1.